The second kappa shape index (κ2) is 16.8. The van der Waals surface area contributed by atoms with Gasteiger partial charge in [0.25, 0.3) is 0 Å². The number of hydrogen-bond donors (Lipinski definition) is 4. The molecular formula is C45H55NO14. The summed E-state index contributed by atoms with van der Waals surface area (Å²) < 4.78 is 101. The number of benzene rings is 2. The Balaban J connectivity index is 1.51. The molecular weight excluding hydrogens is 778 g/mol. The SMILES string of the molecule is [2H]C([2H])([2H])C([2H])([2H])C([2H])([2H])C([2H])([2H])C(=O)N[C@@H](c1ccccc1)[C@@H](O)C(=O)O[C@H]1C[C@@]2(O)[C@@H](OC(=O)c3ccccc3)[C@@H]3[C@]4(OC(C)=O)CO[C@@H]4C[C@H](O)[C@@]3(C)C(=O)[C@H](OC(C)=O)C(=C1C)C2(C)C. The first-order valence-corrected chi connectivity index (χ1v) is 19.3. The molecule has 3 aliphatic carbocycles. The second-order valence-electron chi connectivity index (χ2n) is 16.4. The van der Waals surface area contributed by atoms with Gasteiger partial charge in [-0.05, 0) is 49.1 Å². The smallest absolute Gasteiger partial charge is 0.338 e. The molecule has 15 nitrogen and oxygen atoms in total. The standard InChI is InChI=1S/C45H55NO14/c1-8-9-20-32(50)46-34(27-16-12-10-13-17-27)35(51)41(54)58-29-22-45(55)39(59-40(53)28-18-14-11-15-19-28)37-43(7,30(49)21-31-44(37,23-56-31)60-26(4)48)38(52)36(57-25(3)47)33(24(29)2)42(45,5)6/h10-19,29-31,34-37,39,49,51,55H,8-9,20-23H2,1-7H3,(H,46,50)/t29-,30-,31+,34-,35+,36+,37-,39-,43+,44-,45+/m0/s1/i1D3,8D2,9D2,20D2. The summed E-state index contributed by atoms with van der Waals surface area (Å²) in [6.45, 7) is 3.48. The average Bonchev–Trinajstić information content (AvgIpc) is 3.25. The van der Waals surface area contributed by atoms with Crippen molar-refractivity contribution in [2.24, 2.45) is 16.7 Å². The Hall–Kier alpha value is -4.96. The van der Waals surface area contributed by atoms with Crippen molar-refractivity contribution in [3.8, 4) is 0 Å². The zero-order valence-corrected chi connectivity index (χ0v) is 33.8. The van der Waals surface area contributed by atoms with E-state index in [1.165, 1.54) is 82.3 Å². The van der Waals surface area contributed by atoms with Gasteiger partial charge in [0.15, 0.2) is 23.6 Å². The fourth-order valence-corrected chi connectivity index (χ4v) is 9.63. The number of aliphatic hydroxyl groups excluding tert-OH is 2. The highest BCUT2D eigenvalue weighted by Crippen LogP contribution is 2.64. The normalized spacial score (nSPS) is 35.8. The average molecular weight is 843 g/mol. The number of carbonyl (C=O) groups excluding carboxylic acids is 6. The molecule has 2 bridgehead atoms. The fraction of sp³-hybridized carbons (Fsp3) is 0.556. The third kappa shape index (κ3) is 7.54. The number of esters is 4. The van der Waals surface area contributed by atoms with Crippen LogP contribution >= 0.6 is 0 Å². The molecule has 0 aromatic heterocycles. The van der Waals surface area contributed by atoms with E-state index in [1.807, 2.05) is 5.32 Å². The lowest BCUT2D eigenvalue weighted by atomic mass is 9.44. The van der Waals surface area contributed by atoms with Crippen LogP contribution in [0.2, 0.25) is 0 Å². The van der Waals surface area contributed by atoms with Crippen LogP contribution in [-0.2, 0) is 47.7 Å². The molecule has 2 saturated carbocycles. The summed E-state index contributed by atoms with van der Waals surface area (Å²) in [7, 11) is 0. The number of carbonyl (C=O) groups is 6. The first-order valence-electron chi connectivity index (χ1n) is 23.8. The van der Waals surface area contributed by atoms with E-state index in [2.05, 4.69) is 0 Å². The van der Waals surface area contributed by atoms with Crippen molar-refractivity contribution in [3.63, 3.8) is 0 Å². The van der Waals surface area contributed by atoms with E-state index in [0.717, 1.165) is 13.8 Å². The molecule has 1 saturated heterocycles. The highest BCUT2D eigenvalue weighted by atomic mass is 16.6. The molecule has 1 heterocycles. The van der Waals surface area contributed by atoms with Gasteiger partial charge >= 0.3 is 23.9 Å². The molecule has 0 unspecified atom stereocenters. The summed E-state index contributed by atoms with van der Waals surface area (Å²) in [5.74, 6) is -9.14. The molecule has 3 fully saturated rings. The van der Waals surface area contributed by atoms with Crippen LogP contribution in [0.15, 0.2) is 71.8 Å². The predicted octanol–water partition coefficient (Wildman–Crippen LogP) is 3.61. The lowest BCUT2D eigenvalue weighted by Gasteiger charge is -2.67. The molecule has 4 aliphatic rings. The van der Waals surface area contributed by atoms with Gasteiger partial charge in [-0.1, -0.05) is 75.6 Å². The van der Waals surface area contributed by atoms with E-state index in [-0.39, 0.29) is 28.7 Å². The molecule has 1 aliphatic heterocycles. The Morgan fingerprint density at radius 3 is 2.22 bits per heavy atom. The summed E-state index contributed by atoms with van der Waals surface area (Å²) in [4.78, 5) is 84.0. The summed E-state index contributed by atoms with van der Waals surface area (Å²) in [5, 5.41) is 39.6. The molecule has 2 aromatic carbocycles. The molecule has 1 amide bonds. The Bertz CT molecular complexity index is 2420. The van der Waals surface area contributed by atoms with Gasteiger partial charge in [-0.2, -0.15) is 0 Å². The maximum absolute atomic E-state index is 15.5. The molecule has 60 heavy (non-hydrogen) atoms. The number of fused-ring (bicyclic) bond motifs is 5. The third-order valence-corrected chi connectivity index (χ3v) is 12.7. The molecule has 4 N–H and O–H groups in total. The second-order valence-corrected chi connectivity index (χ2v) is 16.4. The number of ether oxygens (including phenoxy) is 5. The van der Waals surface area contributed by atoms with Crippen molar-refractivity contribution in [2.75, 3.05) is 6.61 Å². The lowest BCUT2D eigenvalue weighted by Crippen LogP contribution is -2.82. The quantitative estimate of drug-likeness (QED) is 0.136. The van der Waals surface area contributed by atoms with Crippen LogP contribution in [0, 0.1) is 16.7 Å². The molecule has 0 radical (unpaired) electrons. The van der Waals surface area contributed by atoms with Gasteiger partial charge < -0.3 is 44.3 Å². The summed E-state index contributed by atoms with van der Waals surface area (Å²) in [6, 6.07) is 12.3. The Morgan fingerprint density at radius 2 is 1.63 bits per heavy atom. The van der Waals surface area contributed by atoms with Crippen LogP contribution in [0.4, 0.5) is 0 Å². The van der Waals surface area contributed by atoms with E-state index in [9.17, 15) is 39.3 Å². The minimum absolute atomic E-state index is 0.0263. The summed E-state index contributed by atoms with van der Waals surface area (Å²) in [6.07, 6.45) is -24.1. The highest BCUT2D eigenvalue weighted by Gasteiger charge is 2.78. The minimum Gasteiger partial charge on any atom is -0.456 e. The zero-order valence-electron chi connectivity index (χ0n) is 42.8. The number of aliphatic hydroxyl groups is 3. The summed E-state index contributed by atoms with van der Waals surface area (Å²) in [5.41, 5.74) is -8.79. The maximum Gasteiger partial charge on any atom is 0.338 e. The van der Waals surface area contributed by atoms with Gasteiger partial charge in [0, 0.05) is 50.8 Å². The zero-order chi connectivity index (χ0) is 51.8. The number of nitrogens with one attached hydrogen (secondary N) is 1. The molecule has 11 atom stereocenters. The van der Waals surface area contributed by atoms with E-state index in [4.69, 9.17) is 36.0 Å². The largest absolute Gasteiger partial charge is 0.456 e. The third-order valence-electron chi connectivity index (χ3n) is 12.7. The maximum atomic E-state index is 15.5. The van der Waals surface area contributed by atoms with Gasteiger partial charge in [0.1, 0.15) is 23.9 Å². The first kappa shape index (κ1) is 33.7. The molecule has 2 aromatic rings. The van der Waals surface area contributed by atoms with E-state index < -0.39 is 145 Å². The topological polar surface area (TPSA) is 221 Å². The number of ketones is 1. The number of Topliss-reactive ketones (excluding diaryl/α,β-unsaturated/α-hetero) is 1. The van der Waals surface area contributed by atoms with Crippen LogP contribution in [0.5, 0.6) is 0 Å². The molecule has 324 valence electrons. The van der Waals surface area contributed by atoms with Crippen molar-refractivity contribution in [3.05, 3.63) is 82.9 Å². The van der Waals surface area contributed by atoms with Crippen molar-refractivity contribution >= 4 is 35.6 Å². The van der Waals surface area contributed by atoms with Crippen molar-refractivity contribution in [1.29, 1.82) is 0 Å². The Morgan fingerprint density at radius 1 is 0.983 bits per heavy atom. The first-order chi connectivity index (χ1) is 31.7. The highest BCUT2D eigenvalue weighted by molar-refractivity contribution is 5.95. The fourth-order valence-electron chi connectivity index (χ4n) is 9.63. The number of rotatable bonds is 12. The molecule has 6 rings (SSSR count). The van der Waals surface area contributed by atoms with Gasteiger partial charge in [-0.15, -0.1) is 0 Å². The van der Waals surface area contributed by atoms with Crippen molar-refractivity contribution in [1.82, 2.24) is 5.32 Å². The Labute approximate surface area is 361 Å². The van der Waals surface area contributed by atoms with E-state index in [1.54, 1.807) is 6.07 Å². The number of amides is 1. The summed E-state index contributed by atoms with van der Waals surface area (Å²) >= 11 is 0. The van der Waals surface area contributed by atoms with Crippen LogP contribution in [0.1, 0.15) is 115 Å². The minimum atomic E-state index is -4.05. The van der Waals surface area contributed by atoms with Crippen LogP contribution in [-0.4, -0.2) is 105 Å². The van der Waals surface area contributed by atoms with Crippen LogP contribution in [0.25, 0.3) is 0 Å². The Kier molecular flexibility index (Phi) is 9.46. The van der Waals surface area contributed by atoms with Gasteiger partial charge in [0.2, 0.25) is 5.91 Å². The van der Waals surface area contributed by atoms with Gasteiger partial charge in [-0.3, -0.25) is 19.2 Å². The van der Waals surface area contributed by atoms with Crippen molar-refractivity contribution in [2.45, 2.75) is 134 Å². The molecule has 0 spiro atoms. The van der Waals surface area contributed by atoms with E-state index >= 15 is 4.79 Å². The van der Waals surface area contributed by atoms with Crippen molar-refractivity contribution < 1.29 is 80.1 Å². The van der Waals surface area contributed by atoms with Crippen LogP contribution in [0.3, 0.4) is 0 Å². The van der Waals surface area contributed by atoms with Crippen LogP contribution < -0.4 is 5.32 Å². The monoisotopic (exact) mass is 842 g/mol. The van der Waals surface area contributed by atoms with Gasteiger partial charge in [-0.25, -0.2) is 9.59 Å². The lowest BCUT2D eigenvalue weighted by molar-refractivity contribution is -0.346. The number of hydrogen-bond acceptors (Lipinski definition) is 14. The van der Waals surface area contributed by atoms with Gasteiger partial charge in [0.05, 0.1) is 35.6 Å². The van der Waals surface area contributed by atoms with E-state index in [0.29, 0.717) is 0 Å². The predicted molar refractivity (Wildman–Crippen MR) is 211 cm³/mol. The molecule has 15 heteroatoms.